The Balaban J connectivity index is 1.78. The number of carbonyl (C=O) groups is 4. The summed E-state index contributed by atoms with van der Waals surface area (Å²) in [5.74, 6) is -3.12. The van der Waals surface area contributed by atoms with Gasteiger partial charge in [-0.15, -0.1) is 22.7 Å². The van der Waals surface area contributed by atoms with Crippen molar-refractivity contribution in [2.24, 2.45) is 17.8 Å². The maximum atomic E-state index is 13.2. The summed E-state index contributed by atoms with van der Waals surface area (Å²) in [6, 6.07) is -1.09. The van der Waals surface area contributed by atoms with Crippen molar-refractivity contribution in [2.45, 2.75) is 84.2 Å². The van der Waals surface area contributed by atoms with Gasteiger partial charge in [0.2, 0.25) is 5.91 Å². The Morgan fingerprint density at radius 1 is 1.12 bits per heavy atom. The first kappa shape index (κ1) is 33.4. The lowest BCUT2D eigenvalue weighted by Gasteiger charge is -2.33. The first-order valence-electron chi connectivity index (χ1n) is 13.5. The fourth-order valence-electron chi connectivity index (χ4n) is 4.54. The van der Waals surface area contributed by atoms with Gasteiger partial charge >= 0.3 is 18.1 Å². The van der Waals surface area contributed by atoms with Gasteiger partial charge in [-0.1, -0.05) is 20.8 Å². The zero-order chi connectivity index (χ0) is 31.4. The van der Waals surface area contributed by atoms with Crippen molar-refractivity contribution in [1.29, 1.82) is 0 Å². The molecule has 15 heteroatoms. The minimum atomic E-state index is -4.62. The highest BCUT2D eigenvalue weighted by Gasteiger charge is 2.37. The predicted octanol–water partition coefficient (Wildman–Crippen LogP) is 4.96. The molecule has 0 bridgehead atoms. The van der Waals surface area contributed by atoms with Crippen LogP contribution in [0.5, 0.6) is 0 Å². The third-order valence-electron chi connectivity index (χ3n) is 6.99. The normalized spacial score (nSPS) is 16.4. The number of amides is 2. The average molecular weight is 633 g/mol. The number of carbonyl (C=O) groups excluding carboxylic acids is 3. The lowest BCUT2D eigenvalue weighted by atomic mass is 9.96. The molecule has 232 valence electrons. The standard InChI is InChI=1S/C27H35F3N4O6S2/c1-13(2)19(34(5)25(37)16-6-7-16)10-20(40-15(4)35)24-32-18(11-42-24)23(36)31-17(8-14(3)26(38)39)9-22-33-21(12-41-22)27(28,29)30/h11-14,16-17,19-20H,6-10H2,1-5H3,(H,31,36)(H,38,39)/t14-,17+,19?,20+/m0/s1. The Labute approximate surface area is 249 Å². The fraction of sp³-hybridized carbons (Fsp3) is 0.630. The molecule has 0 radical (unpaired) electrons. The first-order valence-corrected chi connectivity index (χ1v) is 15.3. The number of halogens is 3. The number of alkyl halides is 3. The minimum Gasteiger partial charge on any atom is -0.481 e. The summed E-state index contributed by atoms with van der Waals surface area (Å²) in [6.45, 7) is 6.62. The summed E-state index contributed by atoms with van der Waals surface area (Å²) in [4.78, 5) is 59.0. The SMILES string of the molecule is CC(=O)O[C@H](CC(C(C)C)N(C)C(=O)C1CC1)c1nc(C(=O)N[C@@H](Cc2nc(C(F)(F)F)cs2)C[C@H](C)C(=O)O)cs1. The average Bonchev–Trinajstić information content (AvgIpc) is 3.40. The third-order valence-corrected chi connectivity index (χ3v) is 8.80. The van der Waals surface area contributed by atoms with E-state index in [9.17, 15) is 37.5 Å². The monoisotopic (exact) mass is 632 g/mol. The van der Waals surface area contributed by atoms with Crippen LogP contribution >= 0.6 is 22.7 Å². The van der Waals surface area contributed by atoms with Crippen LogP contribution in [-0.2, 0) is 31.7 Å². The van der Waals surface area contributed by atoms with Crippen molar-refractivity contribution in [3.63, 3.8) is 0 Å². The molecule has 2 N–H and O–H groups in total. The third kappa shape index (κ3) is 9.21. The highest BCUT2D eigenvalue weighted by atomic mass is 32.1. The van der Waals surface area contributed by atoms with Crippen LogP contribution in [0.3, 0.4) is 0 Å². The second-order valence-electron chi connectivity index (χ2n) is 10.9. The molecule has 1 saturated carbocycles. The Kier molecular flexibility index (Phi) is 11.1. The zero-order valence-corrected chi connectivity index (χ0v) is 25.6. The van der Waals surface area contributed by atoms with Gasteiger partial charge in [0.05, 0.1) is 10.9 Å². The van der Waals surface area contributed by atoms with Gasteiger partial charge in [-0.2, -0.15) is 13.2 Å². The van der Waals surface area contributed by atoms with Gasteiger partial charge in [-0.3, -0.25) is 19.2 Å². The number of ether oxygens (including phenoxy) is 1. The number of nitrogens with zero attached hydrogens (tertiary/aromatic N) is 3. The summed E-state index contributed by atoms with van der Waals surface area (Å²) >= 11 is 1.87. The van der Waals surface area contributed by atoms with Gasteiger partial charge in [0.15, 0.2) is 11.8 Å². The van der Waals surface area contributed by atoms with Crippen LogP contribution in [0.15, 0.2) is 10.8 Å². The zero-order valence-electron chi connectivity index (χ0n) is 23.9. The molecule has 42 heavy (non-hydrogen) atoms. The predicted molar refractivity (Wildman–Crippen MR) is 149 cm³/mol. The number of esters is 1. The summed E-state index contributed by atoms with van der Waals surface area (Å²) in [5.41, 5.74) is -1.07. The molecular formula is C27H35F3N4O6S2. The molecule has 2 aromatic heterocycles. The molecule has 1 aliphatic carbocycles. The summed E-state index contributed by atoms with van der Waals surface area (Å²) < 4.78 is 44.6. The van der Waals surface area contributed by atoms with Gasteiger partial charge in [0.1, 0.15) is 10.7 Å². The van der Waals surface area contributed by atoms with E-state index in [1.165, 1.54) is 19.2 Å². The second kappa shape index (κ2) is 13.9. The highest BCUT2D eigenvalue weighted by molar-refractivity contribution is 7.10. The van der Waals surface area contributed by atoms with E-state index in [2.05, 4.69) is 15.3 Å². The number of nitrogens with one attached hydrogen (secondary N) is 1. The van der Waals surface area contributed by atoms with Crippen molar-refractivity contribution in [1.82, 2.24) is 20.2 Å². The molecule has 0 spiro atoms. The van der Waals surface area contributed by atoms with Crippen LogP contribution in [0.4, 0.5) is 13.2 Å². The molecule has 4 atom stereocenters. The lowest BCUT2D eigenvalue weighted by molar-refractivity contribution is -0.148. The van der Waals surface area contributed by atoms with Crippen LogP contribution in [0.2, 0.25) is 0 Å². The summed E-state index contributed by atoms with van der Waals surface area (Å²) in [6.07, 6.45) is -3.62. The van der Waals surface area contributed by atoms with Crippen LogP contribution in [0.1, 0.15) is 85.7 Å². The molecule has 2 heterocycles. The van der Waals surface area contributed by atoms with E-state index in [-0.39, 0.29) is 53.7 Å². The van der Waals surface area contributed by atoms with E-state index >= 15 is 0 Å². The molecule has 0 aromatic carbocycles. The molecule has 1 aliphatic rings. The number of rotatable bonds is 14. The second-order valence-corrected chi connectivity index (χ2v) is 12.7. The van der Waals surface area contributed by atoms with Gasteiger partial charge < -0.3 is 20.1 Å². The first-order chi connectivity index (χ1) is 19.6. The van der Waals surface area contributed by atoms with Crippen LogP contribution in [0, 0.1) is 17.8 Å². The summed E-state index contributed by atoms with van der Waals surface area (Å²) in [5, 5.41) is 14.8. The molecule has 0 saturated heterocycles. The molecule has 3 rings (SSSR count). The molecule has 10 nitrogen and oxygen atoms in total. The number of hydrogen-bond donors (Lipinski definition) is 2. The number of thiazole rings is 2. The van der Waals surface area contributed by atoms with Crippen molar-refractivity contribution in [3.05, 3.63) is 32.2 Å². The quantitative estimate of drug-likeness (QED) is 0.279. The van der Waals surface area contributed by atoms with Crippen LogP contribution in [-0.4, -0.2) is 62.9 Å². The lowest BCUT2D eigenvalue weighted by Crippen LogP contribution is -2.42. The van der Waals surface area contributed by atoms with E-state index in [1.54, 1.807) is 11.9 Å². The van der Waals surface area contributed by atoms with E-state index in [4.69, 9.17) is 4.74 Å². The van der Waals surface area contributed by atoms with E-state index < -0.39 is 47.8 Å². The van der Waals surface area contributed by atoms with Gasteiger partial charge in [0, 0.05) is 55.6 Å². The van der Waals surface area contributed by atoms with E-state index in [0.29, 0.717) is 5.01 Å². The summed E-state index contributed by atoms with van der Waals surface area (Å²) in [7, 11) is 1.73. The Hall–Kier alpha value is -3.07. The van der Waals surface area contributed by atoms with Crippen molar-refractivity contribution >= 4 is 46.4 Å². The van der Waals surface area contributed by atoms with Gasteiger partial charge in [0.25, 0.3) is 5.91 Å². The van der Waals surface area contributed by atoms with Crippen molar-refractivity contribution < 1.29 is 42.2 Å². The molecular weight excluding hydrogens is 597 g/mol. The highest BCUT2D eigenvalue weighted by Crippen LogP contribution is 2.35. The van der Waals surface area contributed by atoms with E-state index in [1.807, 2.05) is 13.8 Å². The Morgan fingerprint density at radius 3 is 2.31 bits per heavy atom. The van der Waals surface area contributed by atoms with Gasteiger partial charge in [-0.05, 0) is 25.2 Å². The number of carboxylic acids is 1. The number of aliphatic carboxylic acids is 1. The van der Waals surface area contributed by atoms with Crippen LogP contribution in [0.25, 0.3) is 0 Å². The molecule has 1 unspecified atom stereocenters. The largest absolute Gasteiger partial charge is 0.481 e. The molecule has 0 aliphatic heterocycles. The number of aromatic nitrogens is 2. The minimum absolute atomic E-state index is 0.0137. The molecule has 1 fully saturated rings. The van der Waals surface area contributed by atoms with E-state index in [0.717, 1.165) is 40.9 Å². The van der Waals surface area contributed by atoms with Crippen LogP contribution < -0.4 is 5.32 Å². The van der Waals surface area contributed by atoms with Crippen molar-refractivity contribution in [3.8, 4) is 0 Å². The maximum absolute atomic E-state index is 13.2. The Morgan fingerprint density at radius 2 is 1.79 bits per heavy atom. The maximum Gasteiger partial charge on any atom is 0.434 e. The number of hydrogen-bond acceptors (Lipinski definition) is 9. The molecule has 2 aromatic rings. The topological polar surface area (TPSA) is 139 Å². The molecule has 2 amide bonds. The smallest absolute Gasteiger partial charge is 0.434 e. The number of carboxylic acid groups (broad SMARTS) is 1. The van der Waals surface area contributed by atoms with Crippen molar-refractivity contribution in [2.75, 3.05) is 7.05 Å². The fourth-order valence-corrected chi connectivity index (χ4v) is 6.27. The van der Waals surface area contributed by atoms with Gasteiger partial charge in [-0.25, -0.2) is 9.97 Å². The Bertz CT molecular complexity index is 1280.